The third-order valence-corrected chi connectivity index (χ3v) is 7.49. The summed E-state index contributed by atoms with van der Waals surface area (Å²) in [7, 11) is 1.52. The van der Waals surface area contributed by atoms with Gasteiger partial charge in [0.2, 0.25) is 0 Å². The van der Waals surface area contributed by atoms with E-state index in [9.17, 15) is 14.0 Å². The molecule has 4 rings (SSSR count). The van der Waals surface area contributed by atoms with Crippen molar-refractivity contribution in [2.45, 2.75) is 13.2 Å². The van der Waals surface area contributed by atoms with Crippen molar-refractivity contribution in [2.75, 3.05) is 7.11 Å². The highest BCUT2D eigenvalue weighted by Crippen LogP contribution is 2.38. The van der Waals surface area contributed by atoms with Crippen molar-refractivity contribution in [1.82, 2.24) is 4.90 Å². The number of nitrogens with zero attached hydrogens (tertiary/aromatic N) is 1. The molecule has 0 bridgehead atoms. The Labute approximate surface area is 229 Å². The van der Waals surface area contributed by atoms with Crippen molar-refractivity contribution in [3.8, 4) is 11.5 Å². The molecule has 10 heteroatoms. The number of amides is 2. The van der Waals surface area contributed by atoms with Gasteiger partial charge in [0.15, 0.2) is 11.5 Å². The first-order valence-electron chi connectivity index (χ1n) is 10.2. The van der Waals surface area contributed by atoms with Gasteiger partial charge in [-0.1, -0.05) is 41.4 Å². The number of imide groups is 1. The van der Waals surface area contributed by atoms with E-state index in [0.29, 0.717) is 37.6 Å². The standard InChI is InChI=1S/C25H17Cl2FINO4S/c1-33-21-10-16(9-20(29)23(21)34-13-14-2-5-17(28)6-3-14)11-22-24(31)30(25(32)35-22)12-15-4-7-18(26)19(27)8-15/h2-11H,12-13H2,1H3/b22-11-. The molecule has 1 heterocycles. The fraction of sp³-hybridized carbons (Fsp3) is 0.120. The monoisotopic (exact) mass is 643 g/mol. The highest BCUT2D eigenvalue weighted by atomic mass is 127. The summed E-state index contributed by atoms with van der Waals surface area (Å²) in [4.78, 5) is 26.9. The highest BCUT2D eigenvalue weighted by molar-refractivity contribution is 14.1. The minimum atomic E-state index is -0.392. The molecule has 2 amide bonds. The number of methoxy groups -OCH3 is 1. The lowest BCUT2D eigenvalue weighted by Gasteiger charge is -2.14. The van der Waals surface area contributed by atoms with Gasteiger partial charge in [-0.05, 0) is 93.5 Å². The summed E-state index contributed by atoms with van der Waals surface area (Å²) in [6, 6.07) is 14.6. The van der Waals surface area contributed by atoms with Gasteiger partial charge in [-0.2, -0.15) is 0 Å². The lowest BCUT2D eigenvalue weighted by molar-refractivity contribution is -0.123. The van der Waals surface area contributed by atoms with Gasteiger partial charge in [-0.15, -0.1) is 0 Å². The molecule has 0 N–H and O–H groups in total. The maximum atomic E-state index is 13.1. The van der Waals surface area contributed by atoms with Gasteiger partial charge in [-0.25, -0.2) is 4.39 Å². The van der Waals surface area contributed by atoms with Crippen LogP contribution in [0.15, 0.2) is 59.5 Å². The van der Waals surface area contributed by atoms with Gasteiger partial charge in [0, 0.05) is 0 Å². The second-order valence-corrected chi connectivity index (χ2v) is 10.4. The Kier molecular flexibility index (Phi) is 8.26. The summed E-state index contributed by atoms with van der Waals surface area (Å²) in [6.07, 6.45) is 1.65. The molecule has 0 aromatic heterocycles. The lowest BCUT2D eigenvalue weighted by Crippen LogP contribution is -2.27. The van der Waals surface area contributed by atoms with Crippen LogP contribution in [0.3, 0.4) is 0 Å². The summed E-state index contributed by atoms with van der Waals surface area (Å²) in [5.41, 5.74) is 2.19. The molecule has 1 aliphatic rings. The molecule has 0 spiro atoms. The minimum absolute atomic E-state index is 0.0932. The van der Waals surface area contributed by atoms with Gasteiger partial charge in [0.1, 0.15) is 12.4 Å². The van der Waals surface area contributed by atoms with E-state index >= 15 is 0 Å². The third-order valence-electron chi connectivity index (χ3n) is 5.04. The van der Waals surface area contributed by atoms with Crippen LogP contribution >= 0.6 is 57.6 Å². The predicted octanol–water partition coefficient (Wildman–Crippen LogP) is 7.56. The molecular weight excluding hydrogens is 627 g/mol. The van der Waals surface area contributed by atoms with E-state index in [1.165, 1.54) is 24.1 Å². The van der Waals surface area contributed by atoms with E-state index in [4.69, 9.17) is 32.7 Å². The van der Waals surface area contributed by atoms with Gasteiger partial charge >= 0.3 is 0 Å². The van der Waals surface area contributed by atoms with Crippen molar-refractivity contribution in [1.29, 1.82) is 0 Å². The number of carbonyl (C=O) groups excluding carboxylic acids is 2. The summed E-state index contributed by atoms with van der Waals surface area (Å²) < 4.78 is 25.3. The molecular formula is C25H17Cl2FINO4S. The lowest BCUT2D eigenvalue weighted by atomic mass is 10.1. The molecule has 1 aliphatic heterocycles. The topological polar surface area (TPSA) is 55.8 Å². The van der Waals surface area contributed by atoms with Gasteiger partial charge in [0.05, 0.1) is 32.2 Å². The minimum Gasteiger partial charge on any atom is -0.493 e. The molecule has 0 radical (unpaired) electrons. The van der Waals surface area contributed by atoms with Crippen LogP contribution in [0.2, 0.25) is 10.0 Å². The average Bonchev–Trinajstić information content (AvgIpc) is 3.08. The number of thioether (sulfide) groups is 1. The molecule has 35 heavy (non-hydrogen) atoms. The molecule has 5 nitrogen and oxygen atoms in total. The van der Waals surface area contributed by atoms with Crippen LogP contribution in [0, 0.1) is 9.39 Å². The zero-order valence-corrected chi connectivity index (χ0v) is 22.7. The van der Waals surface area contributed by atoms with Crippen LogP contribution < -0.4 is 9.47 Å². The van der Waals surface area contributed by atoms with Crippen LogP contribution in [0.1, 0.15) is 16.7 Å². The zero-order chi connectivity index (χ0) is 25.1. The predicted molar refractivity (Wildman–Crippen MR) is 144 cm³/mol. The first-order valence-corrected chi connectivity index (χ1v) is 12.8. The molecule has 0 unspecified atom stereocenters. The molecule has 3 aromatic carbocycles. The van der Waals surface area contributed by atoms with Crippen LogP contribution in [-0.2, 0) is 17.9 Å². The van der Waals surface area contributed by atoms with Crippen LogP contribution in [0.5, 0.6) is 11.5 Å². The molecule has 1 fully saturated rings. The average molecular weight is 644 g/mol. The Morgan fingerprint density at radius 1 is 1.03 bits per heavy atom. The summed E-state index contributed by atoms with van der Waals surface area (Å²) in [5.74, 6) is 0.297. The van der Waals surface area contributed by atoms with Crippen molar-refractivity contribution in [3.63, 3.8) is 0 Å². The van der Waals surface area contributed by atoms with Crippen LogP contribution in [0.4, 0.5) is 9.18 Å². The zero-order valence-electron chi connectivity index (χ0n) is 18.2. The quantitative estimate of drug-likeness (QED) is 0.196. The van der Waals surface area contributed by atoms with E-state index in [1.807, 2.05) is 6.07 Å². The second-order valence-electron chi connectivity index (χ2n) is 7.47. The van der Waals surface area contributed by atoms with Crippen molar-refractivity contribution in [3.05, 3.63) is 95.6 Å². The number of ether oxygens (including phenoxy) is 2. The molecule has 0 atom stereocenters. The summed E-state index contributed by atoms with van der Waals surface area (Å²) in [6.45, 7) is 0.329. The van der Waals surface area contributed by atoms with E-state index in [-0.39, 0.29) is 24.2 Å². The van der Waals surface area contributed by atoms with Crippen LogP contribution in [-0.4, -0.2) is 23.2 Å². The molecule has 0 saturated carbocycles. The number of benzene rings is 3. The molecule has 0 aliphatic carbocycles. The Morgan fingerprint density at radius 3 is 2.43 bits per heavy atom. The largest absolute Gasteiger partial charge is 0.493 e. The Balaban J connectivity index is 1.52. The molecule has 1 saturated heterocycles. The first kappa shape index (κ1) is 25.8. The first-order chi connectivity index (χ1) is 16.7. The van der Waals surface area contributed by atoms with E-state index in [1.54, 1.807) is 42.5 Å². The number of hydrogen-bond acceptors (Lipinski definition) is 5. The number of rotatable bonds is 7. The number of carbonyl (C=O) groups is 2. The van der Waals surface area contributed by atoms with E-state index in [2.05, 4.69) is 22.6 Å². The smallest absolute Gasteiger partial charge is 0.293 e. The summed E-state index contributed by atoms with van der Waals surface area (Å²) in [5, 5.41) is 0.390. The number of halogens is 4. The molecule has 180 valence electrons. The van der Waals surface area contributed by atoms with E-state index in [0.717, 1.165) is 20.9 Å². The van der Waals surface area contributed by atoms with Crippen molar-refractivity contribution >= 4 is 74.8 Å². The summed E-state index contributed by atoms with van der Waals surface area (Å²) >= 11 is 15.0. The van der Waals surface area contributed by atoms with Crippen LogP contribution in [0.25, 0.3) is 6.08 Å². The second kappa shape index (κ2) is 11.2. The Morgan fingerprint density at radius 2 is 1.74 bits per heavy atom. The van der Waals surface area contributed by atoms with Gasteiger partial charge < -0.3 is 9.47 Å². The van der Waals surface area contributed by atoms with E-state index < -0.39 is 5.91 Å². The fourth-order valence-corrected chi connectivity index (χ4v) is 5.25. The molecule has 3 aromatic rings. The van der Waals surface area contributed by atoms with Gasteiger partial charge in [0.25, 0.3) is 11.1 Å². The van der Waals surface area contributed by atoms with Crippen molar-refractivity contribution in [2.24, 2.45) is 0 Å². The third kappa shape index (κ3) is 6.11. The SMILES string of the molecule is COc1cc(/C=C2\SC(=O)N(Cc3ccc(Cl)c(Cl)c3)C2=O)cc(I)c1OCc1ccc(F)cc1. The number of hydrogen-bond donors (Lipinski definition) is 0. The Hall–Kier alpha value is -2.27. The maximum Gasteiger partial charge on any atom is 0.293 e. The van der Waals surface area contributed by atoms with Gasteiger partial charge in [-0.3, -0.25) is 14.5 Å². The Bertz CT molecular complexity index is 1330. The fourth-order valence-electron chi connectivity index (χ4n) is 3.31. The van der Waals surface area contributed by atoms with Crippen molar-refractivity contribution < 1.29 is 23.5 Å². The highest BCUT2D eigenvalue weighted by Gasteiger charge is 2.35. The maximum absolute atomic E-state index is 13.1. The normalized spacial score (nSPS) is 14.7.